The second-order valence-electron chi connectivity index (χ2n) is 5.58. The molecule has 26 heavy (non-hydrogen) atoms. The van der Waals surface area contributed by atoms with E-state index in [9.17, 15) is 9.18 Å². The SMILES string of the molecule is CCC(C)Oc1c(Cl)cc(C=NNC(=O)c2cccc(F)c2)cc1OC. The maximum absolute atomic E-state index is 13.1. The minimum absolute atomic E-state index is 0.00790. The summed E-state index contributed by atoms with van der Waals surface area (Å²) in [5.41, 5.74) is 3.13. The number of rotatable bonds is 7. The van der Waals surface area contributed by atoms with Gasteiger partial charge in [-0.25, -0.2) is 9.82 Å². The molecule has 7 heteroatoms. The predicted molar refractivity (Wildman–Crippen MR) is 99.8 cm³/mol. The van der Waals surface area contributed by atoms with Crippen molar-refractivity contribution in [1.82, 2.24) is 5.43 Å². The molecule has 2 aromatic rings. The van der Waals surface area contributed by atoms with Crippen molar-refractivity contribution in [3.63, 3.8) is 0 Å². The lowest BCUT2D eigenvalue weighted by molar-refractivity contribution is 0.0954. The van der Waals surface area contributed by atoms with Crippen LogP contribution in [0.2, 0.25) is 5.02 Å². The number of carbonyl (C=O) groups is 1. The first kappa shape index (κ1) is 19.7. The van der Waals surface area contributed by atoms with Crippen molar-refractivity contribution in [3.8, 4) is 11.5 Å². The molecule has 1 N–H and O–H groups in total. The highest BCUT2D eigenvalue weighted by Crippen LogP contribution is 2.37. The van der Waals surface area contributed by atoms with Gasteiger partial charge in [-0.1, -0.05) is 24.6 Å². The Morgan fingerprint density at radius 1 is 1.38 bits per heavy atom. The van der Waals surface area contributed by atoms with Crippen LogP contribution in [0.15, 0.2) is 41.5 Å². The zero-order valence-corrected chi connectivity index (χ0v) is 15.5. The molecular formula is C19H20ClFN2O3. The lowest BCUT2D eigenvalue weighted by Gasteiger charge is -2.17. The zero-order valence-electron chi connectivity index (χ0n) is 14.8. The standard InChI is InChI=1S/C19H20ClFN2O3/c1-4-12(2)26-18-16(20)8-13(9-17(18)25-3)11-22-23-19(24)14-6-5-7-15(21)10-14/h5-12H,4H2,1-3H3,(H,23,24). The fourth-order valence-corrected chi connectivity index (χ4v) is 2.34. The lowest BCUT2D eigenvalue weighted by Crippen LogP contribution is -2.17. The summed E-state index contributed by atoms with van der Waals surface area (Å²) in [7, 11) is 1.52. The molecule has 0 aromatic heterocycles. The zero-order chi connectivity index (χ0) is 19.1. The minimum Gasteiger partial charge on any atom is -0.493 e. The number of amides is 1. The Morgan fingerprint density at radius 3 is 2.81 bits per heavy atom. The molecule has 0 radical (unpaired) electrons. The number of hydrazone groups is 1. The van der Waals surface area contributed by atoms with Gasteiger partial charge in [-0.05, 0) is 49.2 Å². The van der Waals surface area contributed by atoms with Crippen LogP contribution in [0, 0.1) is 5.82 Å². The molecule has 0 heterocycles. The van der Waals surface area contributed by atoms with Gasteiger partial charge >= 0.3 is 0 Å². The number of benzene rings is 2. The van der Waals surface area contributed by atoms with Crippen LogP contribution >= 0.6 is 11.6 Å². The summed E-state index contributed by atoms with van der Waals surface area (Å²) in [6, 6.07) is 8.69. The molecule has 0 aliphatic carbocycles. The Kier molecular flexibility index (Phi) is 6.97. The second kappa shape index (κ2) is 9.20. The molecule has 0 saturated heterocycles. The summed E-state index contributed by atoms with van der Waals surface area (Å²) >= 11 is 6.27. The second-order valence-corrected chi connectivity index (χ2v) is 5.99. The smallest absolute Gasteiger partial charge is 0.271 e. The van der Waals surface area contributed by atoms with Gasteiger partial charge in [0.2, 0.25) is 0 Å². The molecule has 5 nitrogen and oxygen atoms in total. The molecule has 0 fully saturated rings. The van der Waals surface area contributed by atoms with Crippen molar-refractivity contribution < 1.29 is 18.7 Å². The molecule has 0 spiro atoms. The quantitative estimate of drug-likeness (QED) is 0.572. The highest BCUT2D eigenvalue weighted by Gasteiger charge is 2.14. The summed E-state index contributed by atoms with van der Waals surface area (Å²) in [6.07, 6.45) is 2.24. The highest BCUT2D eigenvalue weighted by molar-refractivity contribution is 6.32. The average Bonchev–Trinajstić information content (AvgIpc) is 2.63. The van der Waals surface area contributed by atoms with Crippen LogP contribution in [0.5, 0.6) is 11.5 Å². The number of halogens is 2. The average molecular weight is 379 g/mol. The Labute approximate surface area is 156 Å². The monoisotopic (exact) mass is 378 g/mol. The van der Waals surface area contributed by atoms with Gasteiger partial charge in [-0.15, -0.1) is 0 Å². The van der Waals surface area contributed by atoms with Crippen LogP contribution in [0.4, 0.5) is 4.39 Å². The van der Waals surface area contributed by atoms with Gasteiger partial charge in [0.25, 0.3) is 5.91 Å². The number of hydrogen-bond acceptors (Lipinski definition) is 4. The van der Waals surface area contributed by atoms with Gasteiger partial charge in [0, 0.05) is 5.56 Å². The van der Waals surface area contributed by atoms with E-state index in [0.717, 1.165) is 12.5 Å². The van der Waals surface area contributed by atoms with E-state index in [1.54, 1.807) is 12.1 Å². The van der Waals surface area contributed by atoms with E-state index in [-0.39, 0.29) is 11.7 Å². The maximum atomic E-state index is 13.1. The first-order valence-corrected chi connectivity index (χ1v) is 8.45. The van der Waals surface area contributed by atoms with Crippen LogP contribution in [-0.4, -0.2) is 25.3 Å². The van der Waals surface area contributed by atoms with E-state index < -0.39 is 11.7 Å². The summed E-state index contributed by atoms with van der Waals surface area (Å²) in [4.78, 5) is 11.9. The van der Waals surface area contributed by atoms with Crippen LogP contribution in [0.3, 0.4) is 0 Å². The fraction of sp³-hybridized carbons (Fsp3) is 0.263. The Balaban J connectivity index is 2.12. The van der Waals surface area contributed by atoms with Crippen molar-refractivity contribution in [1.29, 1.82) is 0 Å². The van der Waals surface area contributed by atoms with Gasteiger partial charge in [-0.3, -0.25) is 4.79 Å². The number of hydrogen-bond donors (Lipinski definition) is 1. The van der Waals surface area contributed by atoms with Crippen molar-refractivity contribution in [2.45, 2.75) is 26.4 Å². The van der Waals surface area contributed by atoms with Crippen molar-refractivity contribution in [2.75, 3.05) is 7.11 Å². The first-order chi connectivity index (χ1) is 12.4. The molecule has 1 atom stereocenters. The van der Waals surface area contributed by atoms with E-state index in [1.807, 2.05) is 13.8 Å². The number of nitrogens with one attached hydrogen (secondary N) is 1. The molecule has 1 amide bonds. The molecule has 138 valence electrons. The third-order valence-corrected chi connectivity index (χ3v) is 3.89. The van der Waals surface area contributed by atoms with E-state index in [4.69, 9.17) is 21.1 Å². The maximum Gasteiger partial charge on any atom is 0.271 e. The first-order valence-electron chi connectivity index (χ1n) is 8.07. The van der Waals surface area contributed by atoms with Gasteiger partial charge < -0.3 is 9.47 Å². The minimum atomic E-state index is -0.518. The summed E-state index contributed by atoms with van der Waals surface area (Å²) < 4.78 is 24.2. The molecule has 0 bridgehead atoms. The molecule has 2 aromatic carbocycles. The highest BCUT2D eigenvalue weighted by atomic mass is 35.5. The topological polar surface area (TPSA) is 59.9 Å². The molecular weight excluding hydrogens is 359 g/mol. The normalized spacial score (nSPS) is 12.0. The van der Waals surface area contributed by atoms with Gasteiger partial charge in [0.05, 0.1) is 24.5 Å². The van der Waals surface area contributed by atoms with Gasteiger partial charge in [-0.2, -0.15) is 5.10 Å². The molecule has 0 saturated carbocycles. The van der Waals surface area contributed by atoms with Crippen molar-refractivity contribution in [3.05, 3.63) is 58.4 Å². The third-order valence-electron chi connectivity index (χ3n) is 3.61. The molecule has 1 unspecified atom stereocenters. The van der Waals surface area contributed by atoms with E-state index >= 15 is 0 Å². The van der Waals surface area contributed by atoms with Gasteiger partial charge in [0.15, 0.2) is 11.5 Å². The largest absolute Gasteiger partial charge is 0.493 e. The number of nitrogens with zero attached hydrogens (tertiary/aromatic N) is 1. The Morgan fingerprint density at radius 2 is 2.15 bits per heavy atom. The van der Waals surface area contributed by atoms with E-state index in [1.165, 1.54) is 31.5 Å². The summed E-state index contributed by atoms with van der Waals surface area (Å²) in [6.45, 7) is 3.94. The van der Waals surface area contributed by atoms with Crippen LogP contribution < -0.4 is 14.9 Å². The van der Waals surface area contributed by atoms with Crippen LogP contribution in [0.1, 0.15) is 36.2 Å². The third kappa shape index (κ3) is 5.20. The molecule has 0 aliphatic heterocycles. The van der Waals surface area contributed by atoms with E-state index in [2.05, 4.69) is 10.5 Å². The van der Waals surface area contributed by atoms with E-state index in [0.29, 0.717) is 22.1 Å². The number of carbonyl (C=O) groups excluding carboxylic acids is 1. The van der Waals surface area contributed by atoms with Crippen molar-refractivity contribution in [2.24, 2.45) is 5.10 Å². The molecule has 2 rings (SSSR count). The Bertz CT molecular complexity index is 811. The van der Waals surface area contributed by atoms with Gasteiger partial charge in [0.1, 0.15) is 5.82 Å². The lowest BCUT2D eigenvalue weighted by atomic mass is 10.2. The number of ether oxygens (including phenoxy) is 2. The summed E-state index contributed by atoms with van der Waals surface area (Å²) in [5, 5.41) is 4.25. The van der Waals surface area contributed by atoms with Crippen LogP contribution in [0.25, 0.3) is 0 Å². The van der Waals surface area contributed by atoms with Crippen molar-refractivity contribution >= 4 is 23.7 Å². The predicted octanol–water partition coefficient (Wildman–Crippen LogP) is 4.43. The van der Waals surface area contributed by atoms with Crippen LogP contribution in [-0.2, 0) is 0 Å². The fourth-order valence-electron chi connectivity index (χ4n) is 2.07. The summed E-state index contributed by atoms with van der Waals surface area (Å²) in [5.74, 6) is -0.0780. The number of methoxy groups -OCH3 is 1. The Hall–Kier alpha value is -2.60. The molecule has 0 aliphatic rings.